The monoisotopic (exact) mass is 212 g/mol. The molecule has 0 aromatic carbocycles. The van der Waals surface area contributed by atoms with Crippen molar-refractivity contribution < 1.29 is 4.79 Å². The van der Waals surface area contributed by atoms with Gasteiger partial charge in [0, 0.05) is 23.4 Å². The minimum Gasteiger partial charge on any atom is -0.354 e. The zero-order chi connectivity index (χ0) is 11.8. The molecule has 0 heterocycles. The molecule has 1 N–H and O–H groups in total. The highest BCUT2D eigenvalue weighted by Crippen LogP contribution is 2.12. The van der Waals surface area contributed by atoms with Gasteiger partial charge < -0.3 is 5.32 Å². The van der Waals surface area contributed by atoms with Gasteiger partial charge in [-0.25, -0.2) is 0 Å². The van der Waals surface area contributed by atoms with Gasteiger partial charge in [0.1, 0.15) is 0 Å². The summed E-state index contributed by atoms with van der Waals surface area (Å²) in [5.74, 6) is 0.191. The predicted octanol–water partition coefficient (Wildman–Crippen LogP) is 2.48. The highest BCUT2D eigenvalue weighted by molar-refractivity contribution is 5.79. The molecule has 0 fully saturated rings. The van der Waals surface area contributed by atoms with Crippen molar-refractivity contribution in [1.29, 1.82) is 0 Å². The molecular weight excluding hydrogens is 192 g/mol. The smallest absolute Gasteiger partial charge is 0.223 e. The SMILES string of the molecule is CC(C)C[C@@H](CN=[N+]=[N-])C(=O)NC(C)C. The van der Waals surface area contributed by atoms with E-state index in [-0.39, 0.29) is 24.4 Å². The van der Waals surface area contributed by atoms with Crippen LogP contribution in [0.4, 0.5) is 0 Å². The van der Waals surface area contributed by atoms with Crippen LogP contribution < -0.4 is 5.32 Å². The van der Waals surface area contributed by atoms with E-state index in [4.69, 9.17) is 5.53 Å². The molecule has 5 heteroatoms. The van der Waals surface area contributed by atoms with E-state index < -0.39 is 0 Å². The highest BCUT2D eigenvalue weighted by atomic mass is 16.1. The van der Waals surface area contributed by atoms with E-state index in [1.807, 2.05) is 27.7 Å². The Kier molecular flexibility index (Phi) is 6.54. The van der Waals surface area contributed by atoms with Crippen molar-refractivity contribution in [1.82, 2.24) is 5.32 Å². The summed E-state index contributed by atoms with van der Waals surface area (Å²) in [6, 6.07) is 0.123. The van der Waals surface area contributed by atoms with Gasteiger partial charge in [0.25, 0.3) is 0 Å². The van der Waals surface area contributed by atoms with Gasteiger partial charge in [0.15, 0.2) is 0 Å². The Balaban J connectivity index is 4.32. The summed E-state index contributed by atoms with van der Waals surface area (Å²) in [5.41, 5.74) is 8.24. The van der Waals surface area contributed by atoms with Crippen molar-refractivity contribution in [3.63, 3.8) is 0 Å². The normalized spacial score (nSPS) is 12.4. The molecule has 1 atom stereocenters. The van der Waals surface area contributed by atoms with Gasteiger partial charge in [-0.3, -0.25) is 4.79 Å². The number of hydrogen-bond donors (Lipinski definition) is 1. The second-order valence-corrected chi connectivity index (χ2v) is 4.40. The third kappa shape index (κ3) is 6.80. The predicted molar refractivity (Wildman–Crippen MR) is 60.2 cm³/mol. The second-order valence-electron chi connectivity index (χ2n) is 4.40. The quantitative estimate of drug-likeness (QED) is 0.410. The summed E-state index contributed by atoms with van der Waals surface area (Å²) >= 11 is 0. The molecule has 0 saturated carbocycles. The molecule has 1 amide bonds. The molecule has 0 aliphatic carbocycles. The van der Waals surface area contributed by atoms with E-state index in [0.717, 1.165) is 6.42 Å². The zero-order valence-electron chi connectivity index (χ0n) is 9.90. The first-order valence-electron chi connectivity index (χ1n) is 5.28. The van der Waals surface area contributed by atoms with Crippen LogP contribution in [0.1, 0.15) is 34.1 Å². The first-order chi connectivity index (χ1) is 6.97. The van der Waals surface area contributed by atoms with Gasteiger partial charge in [0.05, 0.1) is 0 Å². The molecule has 0 bridgehead atoms. The van der Waals surface area contributed by atoms with Crippen molar-refractivity contribution in [3.05, 3.63) is 10.4 Å². The lowest BCUT2D eigenvalue weighted by atomic mass is 9.96. The number of carbonyl (C=O) groups is 1. The number of amides is 1. The van der Waals surface area contributed by atoms with E-state index in [1.54, 1.807) is 0 Å². The van der Waals surface area contributed by atoms with Crippen molar-refractivity contribution in [2.75, 3.05) is 6.54 Å². The van der Waals surface area contributed by atoms with Gasteiger partial charge >= 0.3 is 0 Å². The Hall–Kier alpha value is -1.22. The Bertz CT molecular complexity index is 244. The maximum atomic E-state index is 11.7. The summed E-state index contributed by atoms with van der Waals surface area (Å²) in [7, 11) is 0. The van der Waals surface area contributed by atoms with Crippen LogP contribution >= 0.6 is 0 Å². The summed E-state index contributed by atoms with van der Waals surface area (Å²) in [5, 5.41) is 6.31. The molecule has 0 rings (SSSR count). The topological polar surface area (TPSA) is 77.9 Å². The molecule has 0 unspecified atom stereocenters. The molecular formula is C10H20N4O. The van der Waals surface area contributed by atoms with Crippen LogP contribution in [0.2, 0.25) is 0 Å². The van der Waals surface area contributed by atoms with Crippen molar-refractivity contribution in [3.8, 4) is 0 Å². The fourth-order valence-electron chi connectivity index (χ4n) is 1.37. The summed E-state index contributed by atoms with van der Waals surface area (Å²) in [6.45, 7) is 8.17. The van der Waals surface area contributed by atoms with Crippen LogP contribution in [0, 0.1) is 11.8 Å². The molecule has 5 nitrogen and oxygen atoms in total. The molecule has 0 aliphatic heterocycles. The van der Waals surface area contributed by atoms with E-state index in [0.29, 0.717) is 5.92 Å². The number of azide groups is 1. The maximum absolute atomic E-state index is 11.7. The molecule has 0 saturated heterocycles. The fourth-order valence-corrected chi connectivity index (χ4v) is 1.37. The van der Waals surface area contributed by atoms with Crippen molar-refractivity contribution >= 4 is 5.91 Å². The Morgan fingerprint density at radius 3 is 2.40 bits per heavy atom. The Morgan fingerprint density at radius 2 is 2.00 bits per heavy atom. The van der Waals surface area contributed by atoms with E-state index in [1.165, 1.54) is 0 Å². The highest BCUT2D eigenvalue weighted by Gasteiger charge is 2.19. The third-order valence-corrected chi connectivity index (χ3v) is 1.92. The lowest BCUT2D eigenvalue weighted by molar-refractivity contribution is -0.125. The van der Waals surface area contributed by atoms with E-state index in [9.17, 15) is 4.79 Å². The number of carbonyl (C=O) groups excluding carboxylic acids is 1. The number of nitrogens with one attached hydrogen (secondary N) is 1. The lowest BCUT2D eigenvalue weighted by Crippen LogP contribution is -2.37. The third-order valence-electron chi connectivity index (χ3n) is 1.92. The summed E-state index contributed by atoms with van der Waals surface area (Å²) in [6.07, 6.45) is 0.748. The summed E-state index contributed by atoms with van der Waals surface area (Å²) in [4.78, 5) is 14.4. The van der Waals surface area contributed by atoms with Crippen LogP contribution in [0.3, 0.4) is 0 Å². The molecule has 0 radical (unpaired) electrons. The van der Waals surface area contributed by atoms with E-state index >= 15 is 0 Å². The van der Waals surface area contributed by atoms with Gasteiger partial charge in [-0.05, 0) is 31.7 Å². The van der Waals surface area contributed by atoms with Crippen LogP contribution in [0.25, 0.3) is 10.4 Å². The van der Waals surface area contributed by atoms with Crippen LogP contribution in [-0.2, 0) is 4.79 Å². The first-order valence-corrected chi connectivity index (χ1v) is 5.28. The van der Waals surface area contributed by atoms with Crippen LogP contribution in [-0.4, -0.2) is 18.5 Å². The molecule has 0 aromatic rings. The van der Waals surface area contributed by atoms with Gasteiger partial charge in [-0.1, -0.05) is 19.0 Å². The molecule has 0 spiro atoms. The first kappa shape index (κ1) is 13.8. The Morgan fingerprint density at radius 1 is 1.40 bits per heavy atom. The van der Waals surface area contributed by atoms with Crippen molar-refractivity contribution in [2.24, 2.45) is 17.0 Å². The summed E-state index contributed by atoms with van der Waals surface area (Å²) < 4.78 is 0. The number of nitrogens with zero attached hydrogens (tertiary/aromatic N) is 3. The number of rotatable bonds is 6. The molecule has 0 aromatic heterocycles. The largest absolute Gasteiger partial charge is 0.354 e. The molecule has 0 aliphatic rings. The Labute approximate surface area is 90.9 Å². The van der Waals surface area contributed by atoms with E-state index in [2.05, 4.69) is 15.3 Å². The minimum atomic E-state index is -0.205. The van der Waals surface area contributed by atoms with Gasteiger partial charge in [0.2, 0.25) is 5.91 Å². The van der Waals surface area contributed by atoms with Gasteiger partial charge in [-0.15, -0.1) is 0 Å². The average molecular weight is 212 g/mol. The maximum Gasteiger partial charge on any atom is 0.223 e. The van der Waals surface area contributed by atoms with Gasteiger partial charge in [-0.2, -0.15) is 0 Å². The second kappa shape index (κ2) is 7.12. The average Bonchev–Trinajstić information content (AvgIpc) is 2.10. The molecule has 15 heavy (non-hydrogen) atoms. The minimum absolute atomic E-state index is 0.0221. The van der Waals surface area contributed by atoms with Crippen LogP contribution in [0.5, 0.6) is 0 Å². The van der Waals surface area contributed by atoms with Crippen LogP contribution in [0.15, 0.2) is 5.11 Å². The van der Waals surface area contributed by atoms with Crippen molar-refractivity contribution in [2.45, 2.75) is 40.2 Å². The lowest BCUT2D eigenvalue weighted by Gasteiger charge is -2.18. The fraction of sp³-hybridized carbons (Fsp3) is 0.900. The number of hydrogen-bond acceptors (Lipinski definition) is 2. The standard InChI is InChI=1S/C10H20N4O/c1-7(2)5-9(6-12-14-11)10(15)13-8(3)4/h7-9H,5-6H2,1-4H3,(H,13,15)/t9-/m0/s1. The zero-order valence-corrected chi connectivity index (χ0v) is 9.90. The molecule has 86 valence electrons.